The van der Waals surface area contributed by atoms with Gasteiger partial charge in [-0.1, -0.05) is 66.7 Å². The van der Waals surface area contributed by atoms with Crippen molar-refractivity contribution in [3.8, 4) is 0 Å². The molecular formula is C75H145N10NaO26. The van der Waals surface area contributed by atoms with Crippen molar-refractivity contribution in [2.24, 2.45) is 0 Å². The van der Waals surface area contributed by atoms with Crippen molar-refractivity contribution in [2.75, 3.05) is 48.6 Å². The number of likely N-dealkylation sites (N-methyl/N-ethyl adjacent to an activating group) is 1. The third-order valence-corrected chi connectivity index (χ3v) is 13.0. The number of carboxylic acid groups (broad SMARTS) is 2. The number of carbonyl (C=O) groups is 12. The quantitative estimate of drug-likeness (QED) is 0.0101. The van der Waals surface area contributed by atoms with Gasteiger partial charge in [-0.05, 0) is 174 Å². The number of aliphatic hydroxyl groups excluding tert-OH is 2. The summed E-state index contributed by atoms with van der Waals surface area (Å²) in [6.45, 7) is 46.6. The zero-order valence-corrected chi connectivity index (χ0v) is 74.7. The van der Waals surface area contributed by atoms with E-state index in [9.17, 15) is 57.8 Å². The number of hydrogen-bond donors (Lipinski definition) is 12. The summed E-state index contributed by atoms with van der Waals surface area (Å²) in [4.78, 5) is 148. The van der Waals surface area contributed by atoms with Gasteiger partial charge in [0.15, 0.2) is 12.2 Å². The normalized spacial score (nSPS) is 14.7. The summed E-state index contributed by atoms with van der Waals surface area (Å²) in [5.41, 5.74) is -0.545. The van der Waals surface area contributed by atoms with Gasteiger partial charge in [0.1, 0.15) is 46.4 Å². The Morgan fingerprint density at radius 1 is 0.536 bits per heavy atom. The molecule has 0 spiro atoms. The van der Waals surface area contributed by atoms with E-state index in [4.69, 9.17) is 64.7 Å². The summed E-state index contributed by atoms with van der Waals surface area (Å²) in [5.74, 6) is -3.54. The predicted molar refractivity (Wildman–Crippen MR) is 417 cm³/mol. The SMILES string of the molecule is C1CCOC1.CC(=O)O.CCC[C@@H](C=O)NC(=O)OC(C)(C)C.CCC[C@H](NC(=O)OC(C)(C)C)C(=O)N(C)OC.CCC[C@H](NC(=O)OC(C)(C)C)C(=O)O.CCC[C@H](NC(=O)OC(C)(C)C)C(O)C(=O)NC1CC1.CCC[C@H](NC(=O)OC(C)(C)C)C(OC(C)=O)C(=O)NC1CC1.CNOC.CO.[C-]#[N+]C1CC1.[Na+].[OH-]. The molecule has 0 aromatic heterocycles. The minimum Gasteiger partial charge on any atom is -0.870 e. The van der Waals surface area contributed by atoms with Crippen LogP contribution in [0.1, 0.15) is 268 Å². The summed E-state index contributed by atoms with van der Waals surface area (Å²) >= 11 is 0. The zero-order valence-electron chi connectivity index (χ0n) is 72.7. The Hall–Kier alpha value is -6.95. The first-order chi connectivity index (χ1) is 50.8. The summed E-state index contributed by atoms with van der Waals surface area (Å²) in [6.07, 6.45) is 10.3. The Morgan fingerprint density at radius 2 is 0.857 bits per heavy atom. The van der Waals surface area contributed by atoms with Crippen molar-refractivity contribution in [3.63, 3.8) is 0 Å². The van der Waals surface area contributed by atoms with Crippen molar-refractivity contribution < 1.29 is 156 Å². The number of aldehydes is 1. The van der Waals surface area contributed by atoms with Crippen LogP contribution in [0.2, 0.25) is 0 Å². The van der Waals surface area contributed by atoms with Crippen LogP contribution < -0.4 is 72.3 Å². The van der Waals surface area contributed by atoms with E-state index in [1.165, 1.54) is 33.9 Å². The maximum Gasteiger partial charge on any atom is 1.00 e. The average Bonchev–Trinajstić information content (AvgIpc) is 1.51. The Labute approximate surface area is 688 Å². The minimum absolute atomic E-state index is 0. The number of carbonyl (C=O) groups excluding carboxylic acids is 10. The van der Waals surface area contributed by atoms with Gasteiger partial charge in [-0.3, -0.25) is 28.8 Å². The molecule has 37 heteroatoms. The van der Waals surface area contributed by atoms with Crippen molar-refractivity contribution in [2.45, 2.75) is 356 Å². The summed E-state index contributed by atoms with van der Waals surface area (Å²) in [7, 11) is 7.18. The molecule has 112 heavy (non-hydrogen) atoms. The molecule has 0 bridgehead atoms. The Kier molecular flexibility index (Phi) is 72.7. The number of alkyl carbamates (subject to hydrolysis) is 5. The van der Waals surface area contributed by atoms with Gasteiger partial charge in [-0.25, -0.2) is 45.9 Å². The van der Waals surface area contributed by atoms with Crippen molar-refractivity contribution in [1.82, 2.24) is 47.8 Å². The van der Waals surface area contributed by atoms with Gasteiger partial charge in [0.2, 0.25) is 6.04 Å². The summed E-state index contributed by atoms with van der Waals surface area (Å²) in [6, 6.07) is -2.44. The van der Waals surface area contributed by atoms with Crippen LogP contribution in [0.5, 0.6) is 0 Å². The molecule has 0 aromatic carbocycles. The Balaban J connectivity index is -0.000000189. The molecule has 1 aliphatic heterocycles. The molecule has 36 nitrogen and oxygen atoms in total. The molecule has 4 aliphatic rings. The van der Waals surface area contributed by atoms with Crippen molar-refractivity contribution in [3.05, 3.63) is 11.4 Å². The van der Waals surface area contributed by atoms with Gasteiger partial charge in [0.25, 0.3) is 23.7 Å². The molecule has 7 atom stereocenters. The first-order valence-corrected chi connectivity index (χ1v) is 37.5. The molecule has 0 aromatic rings. The fourth-order valence-electron chi connectivity index (χ4n) is 7.81. The van der Waals surface area contributed by atoms with Gasteiger partial charge in [-0.15, -0.1) is 0 Å². The van der Waals surface area contributed by atoms with E-state index in [2.05, 4.69) is 52.4 Å². The van der Waals surface area contributed by atoms with Crippen LogP contribution in [0.4, 0.5) is 24.0 Å². The fraction of sp³-hybridized carbons (Fsp3) is 0.827. The van der Waals surface area contributed by atoms with Gasteiger partial charge in [0.05, 0.1) is 32.3 Å². The van der Waals surface area contributed by atoms with Crippen molar-refractivity contribution in [1.29, 1.82) is 0 Å². The molecule has 1 heterocycles. The number of ether oxygens (including phenoxy) is 7. The smallest absolute Gasteiger partial charge is 0.870 e. The van der Waals surface area contributed by atoms with E-state index in [0.29, 0.717) is 44.6 Å². The number of aliphatic carboxylic acids is 2. The van der Waals surface area contributed by atoms with Crippen LogP contribution in [-0.4, -0.2) is 241 Å². The summed E-state index contributed by atoms with van der Waals surface area (Å²) in [5, 5.41) is 52.5. The second-order valence-corrected chi connectivity index (χ2v) is 30.2. The Morgan fingerprint density at radius 3 is 1.12 bits per heavy atom. The van der Waals surface area contributed by atoms with E-state index >= 15 is 0 Å². The van der Waals surface area contributed by atoms with Crippen LogP contribution >= 0.6 is 0 Å². The molecule has 8 amide bonds. The standard InChI is InChI=1S/C16H28N2O5.C14H26N2O4.C12H24N2O4.C10H19NO4.C10H19NO3.C4H5N.C4H8O.C2H7NO.C2H4O2.CH4O.Na.H2O/c1-6-7-12(18-15(21)23-16(3,4)5)13(22-10(2)19)14(20)17-11-8-9-11;1-5-6-10(16-13(19)20-14(2,3)4)11(17)12(18)15-9-7-8-9;1-7-8-9(10(15)14(5)17-6)13-11(16)18-12(2,3)4;1-5-6-7(8(12)13)11-9(14)15-10(2,3)4;1-5-6-8(7-12)11-9(13)14-10(2,3)4;1-5-4-2-3-4;1-2-4-5-3-1;1-3-4-2;1-2(3)4;1-2;;/h11-13H,6-9H2,1-5H3,(H,17,20)(H,18,21);9-11,17H,5-8H2,1-4H3,(H,15,18)(H,16,19);9H,7-8H2,1-6H3,(H,13,16);7H,5-6H2,1-4H3,(H,11,14)(H,12,13);7-8H,5-6H2,1-4H3,(H,11,13);4H,2-3H2;1-4H2;3H,1-2H3;1H3,(H,3,4);2H,1H3;;1H2/q;;;;;;;;;;+1;/p-1/t12-,13?;10-,11?;9-;7-;8-;;;;;;;/m00000......./s1. The van der Waals surface area contributed by atoms with Gasteiger partial charge < -0.3 is 111 Å². The number of aliphatic hydroxyl groups is 2. The number of nitrogens with zero attached hydrogens (tertiary/aromatic N) is 2. The van der Waals surface area contributed by atoms with E-state index in [-0.39, 0.29) is 58.9 Å². The third-order valence-electron chi connectivity index (χ3n) is 13.0. The van der Waals surface area contributed by atoms with E-state index in [0.717, 1.165) is 103 Å². The average molecular weight is 1630 g/mol. The number of carboxylic acids is 2. The van der Waals surface area contributed by atoms with Crippen LogP contribution in [0.15, 0.2) is 0 Å². The number of nitrogens with one attached hydrogen (secondary N) is 8. The fourth-order valence-corrected chi connectivity index (χ4v) is 7.81. The third kappa shape index (κ3) is 82.5. The van der Waals surface area contributed by atoms with Crippen LogP contribution in [0.25, 0.3) is 4.85 Å². The maximum absolute atomic E-state index is 12.3. The van der Waals surface area contributed by atoms with Gasteiger partial charge in [-0.2, -0.15) is 0 Å². The first kappa shape index (κ1) is 121. The predicted octanol–water partition coefficient (Wildman–Crippen LogP) is 6.71. The second-order valence-electron chi connectivity index (χ2n) is 30.2. The molecule has 4 fully saturated rings. The number of rotatable bonds is 27. The van der Waals surface area contributed by atoms with Gasteiger partial charge in [0, 0.05) is 73.2 Å². The molecule has 3 aliphatic carbocycles. The number of esters is 1. The van der Waals surface area contributed by atoms with Crippen LogP contribution in [-0.2, 0) is 76.4 Å². The number of hydrogen-bond acceptors (Lipinski definition) is 25. The summed E-state index contributed by atoms with van der Waals surface area (Å²) < 4.78 is 35.6. The minimum atomic E-state index is -1.25. The largest absolute Gasteiger partial charge is 1.00 e. The van der Waals surface area contributed by atoms with Crippen molar-refractivity contribution >= 4 is 72.4 Å². The molecule has 4 rings (SSSR count). The molecule has 1 saturated heterocycles. The van der Waals surface area contributed by atoms with Crippen LogP contribution in [0, 0.1) is 6.57 Å². The molecule has 2 unspecified atom stereocenters. The van der Waals surface area contributed by atoms with E-state index in [1.54, 1.807) is 118 Å². The molecular weight excluding hydrogens is 1480 g/mol. The van der Waals surface area contributed by atoms with E-state index in [1.807, 2.05) is 34.6 Å². The van der Waals surface area contributed by atoms with E-state index < -0.39 is 125 Å². The van der Waals surface area contributed by atoms with Gasteiger partial charge >= 0.3 is 72.0 Å². The molecule has 0 radical (unpaired) electrons. The number of hydroxylamine groups is 3. The zero-order chi connectivity index (χ0) is 86.8. The first-order valence-electron chi connectivity index (χ1n) is 37.5. The number of amides is 8. The molecule has 652 valence electrons. The second kappa shape index (κ2) is 67.4. The van der Waals surface area contributed by atoms with Crippen LogP contribution in [0.3, 0.4) is 0 Å². The maximum atomic E-state index is 12.3. The molecule has 3 saturated carbocycles. The Bertz CT molecular complexity index is 2620. The molecule has 13 N–H and O–H groups in total. The topological polar surface area (TPSA) is 503 Å². The monoisotopic (exact) mass is 1630 g/mol.